The van der Waals surface area contributed by atoms with Crippen LogP contribution in [-0.4, -0.2) is 37.8 Å². The van der Waals surface area contributed by atoms with Gasteiger partial charge in [0.25, 0.3) is 0 Å². The minimum Gasteiger partial charge on any atom is -0.493 e. The largest absolute Gasteiger partial charge is 0.493 e. The number of nitrogens with zero attached hydrogens (tertiary/aromatic N) is 1. The van der Waals surface area contributed by atoms with Crippen LogP contribution in [0.3, 0.4) is 0 Å². The molecule has 0 saturated carbocycles. The third-order valence-corrected chi connectivity index (χ3v) is 4.44. The molecule has 158 valence electrons. The average Bonchev–Trinajstić information content (AvgIpc) is 2.71. The number of carbonyl (C=O) groups is 2. The van der Waals surface area contributed by atoms with Crippen molar-refractivity contribution in [2.45, 2.75) is 39.2 Å². The lowest BCUT2D eigenvalue weighted by Crippen LogP contribution is -2.46. The maximum Gasteiger partial charge on any atom is 0.337 e. The van der Waals surface area contributed by atoms with Gasteiger partial charge in [-0.3, -0.25) is 10.1 Å². The summed E-state index contributed by atoms with van der Waals surface area (Å²) in [5.41, 5.74) is 0.610. The summed E-state index contributed by atoms with van der Waals surface area (Å²) < 4.78 is 15.6. The fourth-order valence-electron chi connectivity index (χ4n) is 3.12. The number of nitro benzene ring substituents is 1. The van der Waals surface area contributed by atoms with E-state index >= 15 is 0 Å². The number of amides is 2. The van der Waals surface area contributed by atoms with Crippen LogP contribution in [0, 0.1) is 10.1 Å². The summed E-state index contributed by atoms with van der Waals surface area (Å²) in [5, 5.41) is 16.9. The zero-order chi connectivity index (χ0) is 21.6. The summed E-state index contributed by atoms with van der Waals surface area (Å²) >= 11 is 0. The fraction of sp³-hybridized carbons (Fsp3) is 0.474. The Morgan fingerprint density at radius 2 is 2.00 bits per heavy atom. The van der Waals surface area contributed by atoms with Gasteiger partial charge in [0.05, 0.1) is 37.4 Å². The fourth-order valence-corrected chi connectivity index (χ4v) is 3.12. The average molecular weight is 407 g/mol. The lowest BCUT2D eigenvalue weighted by atomic mass is 9.93. The maximum absolute atomic E-state index is 12.5. The minimum atomic E-state index is -0.939. The second-order valence-electron chi connectivity index (χ2n) is 6.28. The molecule has 1 aromatic rings. The Hall–Kier alpha value is -3.30. The van der Waals surface area contributed by atoms with E-state index in [1.165, 1.54) is 26.4 Å². The van der Waals surface area contributed by atoms with Gasteiger partial charge in [-0.15, -0.1) is 0 Å². The van der Waals surface area contributed by atoms with E-state index < -0.39 is 23.0 Å². The van der Waals surface area contributed by atoms with Gasteiger partial charge in [0, 0.05) is 11.8 Å². The van der Waals surface area contributed by atoms with Crippen LogP contribution in [-0.2, 0) is 9.53 Å². The molecular weight excluding hydrogens is 382 g/mol. The van der Waals surface area contributed by atoms with Crippen molar-refractivity contribution in [1.29, 1.82) is 0 Å². The normalized spacial score (nSPS) is 16.0. The maximum atomic E-state index is 12.5. The highest BCUT2D eigenvalue weighted by molar-refractivity contribution is 5.95. The van der Waals surface area contributed by atoms with Crippen LogP contribution in [0.1, 0.15) is 44.7 Å². The van der Waals surface area contributed by atoms with Crippen LogP contribution >= 0.6 is 0 Å². The number of esters is 1. The molecule has 0 aliphatic carbocycles. The predicted octanol–water partition coefficient (Wildman–Crippen LogP) is 2.97. The molecule has 0 fully saturated rings. The number of nitro groups is 1. The van der Waals surface area contributed by atoms with Gasteiger partial charge in [-0.25, -0.2) is 9.59 Å². The van der Waals surface area contributed by atoms with E-state index in [1.807, 2.05) is 6.92 Å². The predicted molar refractivity (Wildman–Crippen MR) is 104 cm³/mol. The highest BCUT2D eigenvalue weighted by atomic mass is 16.6. The molecule has 2 rings (SSSR count). The van der Waals surface area contributed by atoms with Crippen molar-refractivity contribution in [2.24, 2.45) is 0 Å². The number of hydrogen-bond donors (Lipinski definition) is 2. The van der Waals surface area contributed by atoms with E-state index in [1.54, 1.807) is 6.92 Å². The van der Waals surface area contributed by atoms with E-state index in [4.69, 9.17) is 14.2 Å². The molecule has 1 atom stereocenters. The number of allylic oxidation sites excluding steroid dienone is 1. The second-order valence-corrected chi connectivity index (χ2v) is 6.28. The van der Waals surface area contributed by atoms with Crippen LogP contribution in [0.25, 0.3) is 0 Å². The molecule has 0 saturated heterocycles. The third-order valence-electron chi connectivity index (χ3n) is 4.44. The first-order valence-electron chi connectivity index (χ1n) is 9.25. The number of hydrogen-bond acceptors (Lipinski definition) is 7. The molecule has 10 nitrogen and oxygen atoms in total. The molecule has 1 aliphatic heterocycles. The first-order chi connectivity index (χ1) is 13.9. The Labute approximate surface area is 168 Å². The molecule has 1 heterocycles. The lowest BCUT2D eigenvalue weighted by molar-refractivity contribution is -0.386. The van der Waals surface area contributed by atoms with Crippen molar-refractivity contribution in [3.63, 3.8) is 0 Å². The number of methoxy groups -OCH3 is 2. The van der Waals surface area contributed by atoms with E-state index in [0.717, 1.165) is 12.8 Å². The smallest absolute Gasteiger partial charge is 0.337 e. The van der Waals surface area contributed by atoms with E-state index in [-0.39, 0.29) is 29.4 Å². The summed E-state index contributed by atoms with van der Waals surface area (Å²) in [6, 6.07) is 1.33. The van der Waals surface area contributed by atoms with Gasteiger partial charge in [-0.2, -0.15) is 0 Å². The number of benzene rings is 1. The SMILES string of the molecule is CCCCC1=C(C(=O)OC)C(c2cc(OC)c(OCC)c([N+](=O)[O-])c2)NC(=O)N1. The van der Waals surface area contributed by atoms with Gasteiger partial charge in [-0.05, 0) is 31.4 Å². The standard InChI is InChI=1S/C19H25N3O7/c1-5-7-8-12-15(18(23)28-4)16(21-19(24)20-12)11-9-13(22(25)26)17(29-6-2)14(10-11)27-3/h9-10,16H,5-8H2,1-4H3,(H2,20,21,24). The van der Waals surface area contributed by atoms with Crippen LogP contribution in [0.15, 0.2) is 23.4 Å². The Balaban J connectivity index is 2.68. The Morgan fingerprint density at radius 1 is 1.28 bits per heavy atom. The first kappa shape index (κ1) is 22.0. The second kappa shape index (κ2) is 9.76. The Morgan fingerprint density at radius 3 is 2.55 bits per heavy atom. The van der Waals surface area contributed by atoms with Crippen LogP contribution < -0.4 is 20.1 Å². The van der Waals surface area contributed by atoms with Crippen molar-refractivity contribution in [1.82, 2.24) is 10.6 Å². The summed E-state index contributed by atoms with van der Waals surface area (Å²) in [6.07, 6.45) is 2.06. The minimum absolute atomic E-state index is 0.0150. The zero-order valence-corrected chi connectivity index (χ0v) is 16.9. The van der Waals surface area contributed by atoms with Crippen LogP contribution in [0.4, 0.5) is 10.5 Å². The number of unbranched alkanes of at least 4 members (excludes halogenated alkanes) is 1. The Kier molecular flexibility index (Phi) is 7.40. The van der Waals surface area contributed by atoms with Crippen LogP contribution in [0.5, 0.6) is 11.5 Å². The van der Waals surface area contributed by atoms with E-state index in [2.05, 4.69) is 10.6 Å². The molecule has 0 spiro atoms. The van der Waals surface area contributed by atoms with Gasteiger partial charge in [0.15, 0.2) is 5.75 Å². The molecular formula is C19H25N3O7. The summed E-state index contributed by atoms with van der Waals surface area (Å²) in [7, 11) is 2.59. The van der Waals surface area contributed by atoms with E-state index in [0.29, 0.717) is 17.7 Å². The van der Waals surface area contributed by atoms with Gasteiger partial charge >= 0.3 is 17.7 Å². The zero-order valence-electron chi connectivity index (χ0n) is 16.9. The van der Waals surface area contributed by atoms with E-state index in [9.17, 15) is 19.7 Å². The van der Waals surface area contributed by atoms with Gasteiger partial charge in [0.1, 0.15) is 0 Å². The summed E-state index contributed by atoms with van der Waals surface area (Å²) in [4.78, 5) is 35.7. The lowest BCUT2D eigenvalue weighted by Gasteiger charge is -2.29. The van der Waals surface area contributed by atoms with Crippen molar-refractivity contribution in [3.8, 4) is 11.5 Å². The molecule has 0 aromatic heterocycles. The van der Waals surface area contributed by atoms with Gasteiger partial charge < -0.3 is 24.8 Å². The monoisotopic (exact) mass is 407 g/mol. The molecule has 0 radical (unpaired) electrons. The molecule has 1 aliphatic rings. The van der Waals surface area contributed by atoms with Crippen molar-refractivity contribution in [2.75, 3.05) is 20.8 Å². The molecule has 29 heavy (non-hydrogen) atoms. The van der Waals surface area contributed by atoms with Crippen molar-refractivity contribution in [3.05, 3.63) is 39.1 Å². The molecule has 2 N–H and O–H groups in total. The van der Waals surface area contributed by atoms with Gasteiger partial charge in [-0.1, -0.05) is 13.3 Å². The number of nitrogens with one attached hydrogen (secondary N) is 2. The quantitative estimate of drug-likeness (QED) is 0.366. The number of urea groups is 1. The van der Waals surface area contributed by atoms with Crippen molar-refractivity contribution < 1.29 is 28.7 Å². The first-order valence-corrected chi connectivity index (χ1v) is 9.25. The van der Waals surface area contributed by atoms with Gasteiger partial charge in [0.2, 0.25) is 5.75 Å². The summed E-state index contributed by atoms with van der Waals surface area (Å²) in [6.45, 7) is 3.89. The number of ether oxygens (including phenoxy) is 3. The molecule has 0 bridgehead atoms. The highest BCUT2D eigenvalue weighted by Gasteiger charge is 2.35. The molecule has 10 heteroatoms. The highest BCUT2D eigenvalue weighted by Crippen LogP contribution is 2.42. The molecule has 1 aromatic carbocycles. The molecule has 1 unspecified atom stereocenters. The third kappa shape index (κ3) is 4.76. The van der Waals surface area contributed by atoms with Crippen molar-refractivity contribution >= 4 is 17.7 Å². The van der Waals surface area contributed by atoms with Crippen LogP contribution in [0.2, 0.25) is 0 Å². The molecule has 2 amide bonds. The number of carbonyl (C=O) groups excluding carboxylic acids is 2. The summed E-state index contributed by atoms with van der Waals surface area (Å²) in [5.74, 6) is -0.522. The topological polar surface area (TPSA) is 129 Å². The number of rotatable bonds is 9. The Bertz CT molecular complexity index is 835.